The van der Waals surface area contributed by atoms with Crippen LogP contribution in [0.15, 0.2) is 58.2 Å². The summed E-state index contributed by atoms with van der Waals surface area (Å²) in [5.41, 5.74) is 1.46. The van der Waals surface area contributed by atoms with Gasteiger partial charge < -0.3 is 10.1 Å². The number of benzene rings is 2. The molecule has 0 amide bonds. The zero-order valence-corrected chi connectivity index (χ0v) is 15.5. The topological polar surface area (TPSA) is 90.5 Å². The Balaban J connectivity index is 2.02. The molecule has 0 radical (unpaired) electrons. The maximum Gasteiger partial charge on any atom is 0.252 e. The van der Waals surface area contributed by atoms with E-state index in [1.807, 2.05) is 25.1 Å². The molecule has 0 atom stereocenters. The number of rotatable bonds is 6. The van der Waals surface area contributed by atoms with Crippen LogP contribution in [0.5, 0.6) is 0 Å². The van der Waals surface area contributed by atoms with Crippen molar-refractivity contribution in [3.63, 3.8) is 0 Å². The first-order valence-electron chi connectivity index (χ1n) is 8.31. The van der Waals surface area contributed by atoms with E-state index in [0.29, 0.717) is 5.52 Å². The minimum Gasteiger partial charge on any atom is -0.395 e. The van der Waals surface area contributed by atoms with E-state index in [-0.39, 0.29) is 23.5 Å². The van der Waals surface area contributed by atoms with Crippen LogP contribution in [0.3, 0.4) is 0 Å². The average Bonchev–Trinajstić information content (AvgIpc) is 2.63. The number of H-pyrrole nitrogens is 1. The quantitative estimate of drug-likeness (QED) is 0.675. The first-order chi connectivity index (χ1) is 12.8. The number of sulfonamides is 1. The number of aromatic nitrogens is 1. The Labute approximate surface area is 155 Å². The van der Waals surface area contributed by atoms with Gasteiger partial charge in [-0.05, 0) is 48.2 Å². The number of para-hydroxylation sites is 1. The number of pyridine rings is 1. The molecule has 6 nitrogen and oxygen atoms in total. The summed E-state index contributed by atoms with van der Waals surface area (Å²) >= 11 is 0. The third-order valence-corrected chi connectivity index (χ3v) is 6.17. The summed E-state index contributed by atoms with van der Waals surface area (Å²) in [4.78, 5) is 15.1. The molecule has 1 aromatic heterocycles. The lowest BCUT2D eigenvalue weighted by atomic mass is 10.1. The standard InChI is InChI=1S/C19H19FN2O4S/c1-13-3-2-4-14-11-15(19(24)21-18(13)14)12-22(9-10-23)27(25,26)17-7-5-16(20)6-8-17/h2-8,11,23H,9-10,12H2,1H3,(H,21,24). The van der Waals surface area contributed by atoms with Crippen molar-refractivity contribution in [2.24, 2.45) is 0 Å². The Kier molecular flexibility index (Phi) is 5.41. The van der Waals surface area contributed by atoms with Crippen LogP contribution in [0.25, 0.3) is 10.9 Å². The number of hydrogen-bond acceptors (Lipinski definition) is 4. The Morgan fingerprint density at radius 2 is 1.85 bits per heavy atom. The van der Waals surface area contributed by atoms with E-state index < -0.39 is 28.0 Å². The maximum absolute atomic E-state index is 13.1. The summed E-state index contributed by atoms with van der Waals surface area (Å²) in [6, 6.07) is 11.6. The fourth-order valence-electron chi connectivity index (χ4n) is 2.89. The van der Waals surface area contributed by atoms with Crippen LogP contribution in [-0.4, -0.2) is 36.0 Å². The summed E-state index contributed by atoms with van der Waals surface area (Å²) in [6.07, 6.45) is 0. The predicted octanol–water partition coefficient (Wildman–Crippen LogP) is 2.16. The predicted molar refractivity (Wildman–Crippen MR) is 100 cm³/mol. The number of nitrogens with one attached hydrogen (secondary N) is 1. The summed E-state index contributed by atoms with van der Waals surface area (Å²) < 4.78 is 39.8. The average molecular weight is 390 g/mol. The van der Waals surface area contributed by atoms with E-state index in [1.54, 1.807) is 6.07 Å². The van der Waals surface area contributed by atoms with Gasteiger partial charge in [-0.15, -0.1) is 0 Å². The van der Waals surface area contributed by atoms with Crippen LogP contribution in [0.4, 0.5) is 4.39 Å². The minimum atomic E-state index is -4.00. The molecule has 0 aliphatic carbocycles. The molecule has 0 fully saturated rings. The molecular weight excluding hydrogens is 371 g/mol. The maximum atomic E-state index is 13.1. The van der Waals surface area contributed by atoms with Gasteiger partial charge in [0, 0.05) is 18.7 Å². The number of fused-ring (bicyclic) bond motifs is 1. The van der Waals surface area contributed by atoms with Crippen molar-refractivity contribution in [3.05, 3.63) is 75.8 Å². The second-order valence-electron chi connectivity index (χ2n) is 6.18. The van der Waals surface area contributed by atoms with E-state index in [1.165, 1.54) is 0 Å². The SMILES string of the molecule is Cc1cccc2cc(CN(CCO)S(=O)(=O)c3ccc(F)cc3)c(=O)[nH]c12. The largest absolute Gasteiger partial charge is 0.395 e. The molecule has 2 aromatic carbocycles. The molecule has 2 N–H and O–H groups in total. The fraction of sp³-hybridized carbons (Fsp3) is 0.211. The molecule has 0 saturated carbocycles. The number of aliphatic hydroxyl groups is 1. The Hall–Kier alpha value is -2.55. The lowest BCUT2D eigenvalue weighted by Gasteiger charge is -2.21. The molecule has 0 unspecified atom stereocenters. The van der Waals surface area contributed by atoms with Gasteiger partial charge in [0.05, 0.1) is 17.0 Å². The van der Waals surface area contributed by atoms with E-state index in [2.05, 4.69) is 4.98 Å². The van der Waals surface area contributed by atoms with Crippen molar-refractivity contribution in [3.8, 4) is 0 Å². The lowest BCUT2D eigenvalue weighted by Crippen LogP contribution is -2.35. The Morgan fingerprint density at radius 3 is 2.52 bits per heavy atom. The summed E-state index contributed by atoms with van der Waals surface area (Å²) in [5, 5.41) is 10.1. The van der Waals surface area contributed by atoms with Crippen molar-refractivity contribution in [2.75, 3.05) is 13.2 Å². The van der Waals surface area contributed by atoms with Crippen LogP contribution in [0, 0.1) is 12.7 Å². The first-order valence-corrected chi connectivity index (χ1v) is 9.75. The molecule has 3 aromatic rings. The summed E-state index contributed by atoms with van der Waals surface area (Å²) in [5.74, 6) is -0.552. The van der Waals surface area contributed by atoms with Crippen LogP contribution in [-0.2, 0) is 16.6 Å². The molecule has 27 heavy (non-hydrogen) atoms. The molecule has 0 aliphatic rings. The van der Waals surface area contributed by atoms with Crippen LogP contribution < -0.4 is 5.56 Å². The van der Waals surface area contributed by atoms with Gasteiger partial charge in [0.2, 0.25) is 10.0 Å². The van der Waals surface area contributed by atoms with E-state index in [9.17, 15) is 22.7 Å². The van der Waals surface area contributed by atoms with Gasteiger partial charge in [-0.25, -0.2) is 12.8 Å². The number of halogens is 1. The third kappa shape index (κ3) is 3.92. The van der Waals surface area contributed by atoms with Crippen LogP contribution >= 0.6 is 0 Å². The number of nitrogens with zero attached hydrogens (tertiary/aromatic N) is 1. The second-order valence-corrected chi connectivity index (χ2v) is 8.12. The number of aromatic amines is 1. The van der Waals surface area contributed by atoms with Gasteiger partial charge in [0.25, 0.3) is 5.56 Å². The highest BCUT2D eigenvalue weighted by Gasteiger charge is 2.25. The van der Waals surface area contributed by atoms with Crippen molar-refractivity contribution < 1.29 is 17.9 Å². The Bertz CT molecular complexity index is 1120. The molecule has 8 heteroatoms. The minimum absolute atomic E-state index is 0.106. The van der Waals surface area contributed by atoms with E-state index in [0.717, 1.165) is 39.5 Å². The molecule has 0 bridgehead atoms. The van der Waals surface area contributed by atoms with Crippen LogP contribution in [0.2, 0.25) is 0 Å². The molecule has 0 spiro atoms. The van der Waals surface area contributed by atoms with Crippen molar-refractivity contribution in [1.29, 1.82) is 0 Å². The van der Waals surface area contributed by atoms with Gasteiger partial charge >= 0.3 is 0 Å². The van der Waals surface area contributed by atoms with Crippen molar-refractivity contribution >= 4 is 20.9 Å². The van der Waals surface area contributed by atoms with Gasteiger partial charge in [-0.1, -0.05) is 18.2 Å². The monoisotopic (exact) mass is 390 g/mol. The zero-order valence-electron chi connectivity index (χ0n) is 14.6. The molecule has 1 heterocycles. The highest BCUT2D eigenvalue weighted by molar-refractivity contribution is 7.89. The third-order valence-electron chi connectivity index (χ3n) is 4.31. The van der Waals surface area contributed by atoms with Crippen molar-refractivity contribution in [2.45, 2.75) is 18.4 Å². The smallest absolute Gasteiger partial charge is 0.252 e. The number of hydrogen-bond donors (Lipinski definition) is 2. The van der Waals surface area contributed by atoms with Gasteiger partial charge in [0.1, 0.15) is 5.82 Å². The Morgan fingerprint density at radius 1 is 1.15 bits per heavy atom. The highest BCUT2D eigenvalue weighted by Crippen LogP contribution is 2.20. The van der Waals surface area contributed by atoms with Crippen LogP contribution in [0.1, 0.15) is 11.1 Å². The normalized spacial score (nSPS) is 12.0. The molecular formula is C19H19FN2O4S. The van der Waals surface area contributed by atoms with Gasteiger partial charge in [-0.3, -0.25) is 4.79 Å². The first kappa shape index (κ1) is 19.2. The van der Waals surface area contributed by atoms with Gasteiger partial charge in [-0.2, -0.15) is 4.31 Å². The molecule has 3 rings (SSSR count). The molecule has 142 valence electrons. The van der Waals surface area contributed by atoms with Gasteiger partial charge in [0.15, 0.2) is 0 Å². The van der Waals surface area contributed by atoms with Crippen molar-refractivity contribution in [1.82, 2.24) is 9.29 Å². The second kappa shape index (κ2) is 7.59. The summed E-state index contributed by atoms with van der Waals surface area (Å²) in [6.45, 7) is 1.06. The summed E-state index contributed by atoms with van der Waals surface area (Å²) in [7, 11) is -4.00. The molecule has 0 saturated heterocycles. The van der Waals surface area contributed by atoms with E-state index >= 15 is 0 Å². The zero-order chi connectivity index (χ0) is 19.6. The number of aryl methyl sites for hydroxylation is 1. The lowest BCUT2D eigenvalue weighted by molar-refractivity contribution is 0.251. The van der Waals surface area contributed by atoms with E-state index in [4.69, 9.17) is 0 Å². The highest BCUT2D eigenvalue weighted by atomic mass is 32.2. The fourth-order valence-corrected chi connectivity index (χ4v) is 4.30. The number of aliphatic hydroxyl groups excluding tert-OH is 1. The molecule has 0 aliphatic heterocycles.